The summed E-state index contributed by atoms with van der Waals surface area (Å²) >= 11 is 4.91. The highest BCUT2D eigenvalue weighted by atomic mass is 32.2. The molecule has 0 spiro atoms. The van der Waals surface area contributed by atoms with Crippen LogP contribution in [0.25, 0.3) is 11.1 Å². The molecule has 1 fully saturated rings. The fourth-order valence-corrected chi connectivity index (χ4v) is 9.67. The van der Waals surface area contributed by atoms with E-state index < -0.39 is 42.7 Å². The van der Waals surface area contributed by atoms with Gasteiger partial charge in [-0.05, 0) is 41.0 Å². The zero-order chi connectivity index (χ0) is 30.9. The molecule has 5 heterocycles. The molecule has 13 nitrogen and oxygen atoms in total. The van der Waals surface area contributed by atoms with Crippen LogP contribution in [0.2, 0.25) is 0 Å². The van der Waals surface area contributed by atoms with E-state index in [1.165, 1.54) is 39.8 Å². The fourth-order valence-electron chi connectivity index (χ4n) is 4.37. The number of thiophene rings is 1. The van der Waals surface area contributed by atoms with Gasteiger partial charge in [0.15, 0.2) is 29.7 Å². The molecule has 3 aromatic rings. The number of oxime groups is 1. The van der Waals surface area contributed by atoms with Crippen LogP contribution in [0.5, 0.6) is 0 Å². The number of carbonyl (C=O) groups excluding carboxylic acids is 2. The van der Waals surface area contributed by atoms with Crippen LogP contribution in [-0.4, -0.2) is 70.3 Å². The molecule has 43 heavy (non-hydrogen) atoms. The molecular formula is C25H25N5O8PS4+. The number of Topliss-reactive ketones (excluding diaryl/α,β-unsaturated/α-hetero) is 1. The van der Waals surface area contributed by atoms with Crippen molar-refractivity contribution in [2.45, 2.75) is 29.1 Å². The van der Waals surface area contributed by atoms with Crippen LogP contribution in [-0.2, 0) is 37.0 Å². The number of hydrogen-bond donors (Lipinski definition) is 3. The number of carboxylic acids is 1. The number of carbonyl (C=O) groups is 3. The standard InChI is InChI=1S/C25H24N5O8PS4/c1-3-38-27-20(22-26-18(43-28-22)10-39(35,36)37)16(31)9-15-23(32)30-21(25(33)34)17(12-41-24(15)30)42-19-8-14(11-40-19)13-4-6-29(2)7-5-13/h4-8,11,15,24H,3,9-10,12H2,1-2H3,(H2-,33,34,35,36,37)/p+1/b27-20+/t15-,24-/m1/s1. The number of aliphatic carboxylic acids is 1. The van der Waals surface area contributed by atoms with Gasteiger partial charge in [-0.15, -0.1) is 23.1 Å². The Hall–Kier alpha value is -2.92. The molecule has 1 saturated heterocycles. The Morgan fingerprint density at radius 2 is 2.02 bits per heavy atom. The molecule has 1 amide bonds. The molecule has 2 aliphatic rings. The molecule has 3 aromatic heterocycles. The maximum atomic E-state index is 13.3. The number of aryl methyl sites for hydroxylation is 1. The Bertz CT molecular complexity index is 1680. The number of carboxylic acid groups (broad SMARTS) is 1. The second-order valence-corrected chi connectivity index (χ2v) is 15.3. The Morgan fingerprint density at radius 3 is 2.70 bits per heavy atom. The quantitative estimate of drug-likeness (QED) is 0.0836. The highest BCUT2D eigenvalue weighted by Gasteiger charge is 2.54. The van der Waals surface area contributed by atoms with Gasteiger partial charge in [0.05, 0.1) is 15.5 Å². The van der Waals surface area contributed by atoms with Crippen LogP contribution in [0, 0.1) is 5.92 Å². The Labute approximate surface area is 262 Å². The van der Waals surface area contributed by atoms with Crippen molar-refractivity contribution in [1.82, 2.24) is 14.3 Å². The van der Waals surface area contributed by atoms with Gasteiger partial charge >= 0.3 is 13.6 Å². The molecule has 0 saturated carbocycles. The number of thioether (sulfide) groups is 2. The van der Waals surface area contributed by atoms with Gasteiger partial charge in [-0.25, -0.2) is 14.3 Å². The molecular weight excluding hydrogens is 658 g/mol. The van der Waals surface area contributed by atoms with Crippen molar-refractivity contribution in [3.63, 3.8) is 0 Å². The summed E-state index contributed by atoms with van der Waals surface area (Å²) in [5, 5.41) is 15.3. The maximum absolute atomic E-state index is 13.3. The molecule has 0 bridgehead atoms. The van der Waals surface area contributed by atoms with Crippen molar-refractivity contribution in [3.05, 3.63) is 57.4 Å². The molecule has 2 atom stereocenters. The van der Waals surface area contributed by atoms with Gasteiger partial charge in [0.25, 0.3) is 0 Å². The van der Waals surface area contributed by atoms with E-state index in [1.807, 2.05) is 47.6 Å². The molecule has 0 unspecified atom stereocenters. The molecule has 226 valence electrons. The maximum Gasteiger partial charge on any atom is 0.353 e. The molecule has 2 aliphatic heterocycles. The van der Waals surface area contributed by atoms with Crippen LogP contribution < -0.4 is 4.57 Å². The first kappa shape index (κ1) is 31.5. The first-order chi connectivity index (χ1) is 20.4. The average molecular weight is 683 g/mol. The first-order valence-corrected chi connectivity index (χ1v) is 18.0. The highest BCUT2D eigenvalue weighted by Crippen LogP contribution is 2.49. The SMILES string of the molecule is CCO/N=C(\C(=O)C[C@@H]1C(=O)N2C(C(=O)O)=C(Sc3cc(-c4cc[n+](C)cc4)cs3)CS[C@H]12)c1nsc(CP(=O)(O)O)n1. The summed E-state index contributed by atoms with van der Waals surface area (Å²) < 4.78 is 18.2. The molecule has 0 aliphatic carbocycles. The van der Waals surface area contributed by atoms with E-state index in [9.17, 15) is 33.8 Å². The number of amides is 1. The third-order valence-corrected chi connectivity index (χ3v) is 11.7. The van der Waals surface area contributed by atoms with Gasteiger partial charge in [0.1, 0.15) is 30.5 Å². The molecule has 3 N–H and O–H groups in total. The smallest absolute Gasteiger partial charge is 0.353 e. The number of aromatic nitrogens is 3. The van der Waals surface area contributed by atoms with E-state index in [1.54, 1.807) is 6.92 Å². The summed E-state index contributed by atoms with van der Waals surface area (Å²) in [6, 6.07) is 5.98. The predicted molar refractivity (Wildman–Crippen MR) is 161 cm³/mol. The third-order valence-electron chi connectivity index (χ3n) is 6.33. The second-order valence-electron chi connectivity index (χ2n) is 9.42. The number of β-lactam (4-membered cyclic amide) rings is 1. The monoisotopic (exact) mass is 682 g/mol. The van der Waals surface area contributed by atoms with Crippen molar-refractivity contribution < 1.29 is 43.2 Å². The van der Waals surface area contributed by atoms with Gasteiger partial charge in [-0.3, -0.25) is 19.1 Å². The third kappa shape index (κ3) is 7.09. The van der Waals surface area contributed by atoms with Crippen LogP contribution in [0.1, 0.15) is 24.2 Å². The van der Waals surface area contributed by atoms with Crippen molar-refractivity contribution in [1.29, 1.82) is 0 Å². The largest absolute Gasteiger partial charge is 0.477 e. The van der Waals surface area contributed by atoms with Crippen molar-refractivity contribution in [2.75, 3.05) is 12.4 Å². The van der Waals surface area contributed by atoms with E-state index >= 15 is 0 Å². The summed E-state index contributed by atoms with van der Waals surface area (Å²) in [5.41, 5.74) is 1.69. The minimum atomic E-state index is -4.40. The van der Waals surface area contributed by atoms with Crippen LogP contribution >= 0.6 is 54.0 Å². The van der Waals surface area contributed by atoms with Crippen LogP contribution in [0.4, 0.5) is 0 Å². The number of pyridine rings is 1. The number of rotatable bonds is 12. The molecule has 5 rings (SSSR count). The normalized spacial score (nSPS) is 18.8. The van der Waals surface area contributed by atoms with Crippen LogP contribution in [0.3, 0.4) is 0 Å². The lowest BCUT2D eigenvalue weighted by molar-refractivity contribution is -0.671. The number of hydrogen-bond acceptors (Lipinski definition) is 12. The number of ketones is 1. The summed E-state index contributed by atoms with van der Waals surface area (Å²) in [6.07, 6.45) is 2.97. The topological polar surface area (TPSA) is 183 Å². The lowest BCUT2D eigenvalue weighted by Gasteiger charge is -2.49. The second kappa shape index (κ2) is 13.0. The van der Waals surface area contributed by atoms with Gasteiger partial charge in [-0.1, -0.05) is 16.9 Å². The lowest BCUT2D eigenvalue weighted by atomic mass is 9.90. The molecule has 0 radical (unpaired) electrons. The number of nitrogens with zero attached hydrogens (tertiary/aromatic N) is 5. The lowest BCUT2D eigenvalue weighted by Crippen LogP contribution is -2.61. The van der Waals surface area contributed by atoms with Crippen LogP contribution in [0.15, 0.2) is 55.9 Å². The molecule has 18 heteroatoms. The zero-order valence-electron chi connectivity index (χ0n) is 22.6. The highest BCUT2D eigenvalue weighted by molar-refractivity contribution is 8.07. The average Bonchev–Trinajstić information content (AvgIpc) is 3.60. The van der Waals surface area contributed by atoms with E-state index in [0.717, 1.165) is 26.9 Å². The van der Waals surface area contributed by atoms with E-state index in [-0.39, 0.29) is 35.3 Å². The van der Waals surface area contributed by atoms with E-state index in [4.69, 9.17) is 4.84 Å². The summed E-state index contributed by atoms with van der Waals surface area (Å²) in [4.78, 5) is 68.2. The fraction of sp³-hybridized carbons (Fsp3) is 0.320. The van der Waals surface area contributed by atoms with Crippen molar-refractivity contribution in [3.8, 4) is 11.1 Å². The van der Waals surface area contributed by atoms with Crippen molar-refractivity contribution >= 4 is 77.4 Å². The summed E-state index contributed by atoms with van der Waals surface area (Å²) in [7, 11) is -2.47. The molecule has 0 aromatic carbocycles. The van der Waals surface area contributed by atoms with Gasteiger partial charge in [0.2, 0.25) is 5.91 Å². The zero-order valence-corrected chi connectivity index (χ0v) is 26.8. The first-order valence-electron chi connectivity index (χ1n) is 12.7. The summed E-state index contributed by atoms with van der Waals surface area (Å²) in [5.74, 6) is -2.92. The Balaban J connectivity index is 1.31. The van der Waals surface area contributed by atoms with E-state index in [0.29, 0.717) is 10.7 Å². The minimum Gasteiger partial charge on any atom is -0.477 e. The summed E-state index contributed by atoms with van der Waals surface area (Å²) in [6.45, 7) is 1.78. The van der Waals surface area contributed by atoms with Gasteiger partial charge in [-0.2, -0.15) is 4.37 Å². The van der Waals surface area contributed by atoms with Gasteiger partial charge < -0.3 is 19.7 Å². The Kier molecular flexibility index (Phi) is 9.51. The number of fused-ring (bicyclic) bond motifs is 1. The van der Waals surface area contributed by atoms with E-state index in [2.05, 4.69) is 14.5 Å². The van der Waals surface area contributed by atoms with Gasteiger partial charge in [0, 0.05) is 29.2 Å². The Morgan fingerprint density at radius 1 is 1.28 bits per heavy atom. The predicted octanol–water partition coefficient (Wildman–Crippen LogP) is 3.09. The minimum absolute atomic E-state index is 0.0195. The van der Waals surface area contributed by atoms with Crippen molar-refractivity contribution in [2.24, 2.45) is 18.1 Å².